The highest BCUT2D eigenvalue weighted by molar-refractivity contribution is 5.55. The Labute approximate surface area is 182 Å². The van der Waals surface area contributed by atoms with Crippen molar-refractivity contribution in [1.29, 1.82) is 0 Å². The second-order valence-corrected chi connectivity index (χ2v) is 9.18. The topological polar surface area (TPSA) is 25.8 Å². The zero-order valence-electron chi connectivity index (χ0n) is 19.0. The molecule has 1 aromatic carbocycles. The maximum atomic E-state index is 14.9. The monoisotopic (exact) mass is 410 g/mol. The smallest absolute Gasteiger partial charge is 0.159 e. The summed E-state index contributed by atoms with van der Waals surface area (Å²) in [4.78, 5) is 8.97. The van der Waals surface area contributed by atoms with Crippen molar-refractivity contribution in [2.75, 3.05) is 0 Å². The number of unbranched alkanes of at least 4 members (excludes halogenated alkanes) is 5. The van der Waals surface area contributed by atoms with Crippen molar-refractivity contribution in [3.63, 3.8) is 0 Å². The minimum atomic E-state index is -0.0884. The first-order valence-corrected chi connectivity index (χ1v) is 12.3. The molecule has 1 fully saturated rings. The van der Waals surface area contributed by atoms with Crippen molar-refractivity contribution in [3.05, 3.63) is 47.5 Å². The molecule has 1 heterocycles. The van der Waals surface area contributed by atoms with Crippen LogP contribution in [0.4, 0.5) is 4.39 Å². The van der Waals surface area contributed by atoms with Gasteiger partial charge in [0.05, 0.1) is 0 Å². The summed E-state index contributed by atoms with van der Waals surface area (Å²) in [6, 6.07) is 5.62. The molecule has 0 aliphatic heterocycles. The van der Waals surface area contributed by atoms with Crippen LogP contribution in [-0.4, -0.2) is 9.97 Å². The lowest BCUT2D eigenvalue weighted by atomic mass is 9.76. The summed E-state index contributed by atoms with van der Waals surface area (Å²) in [6.45, 7) is 4.47. The number of hydrogen-bond donors (Lipinski definition) is 0. The van der Waals surface area contributed by atoms with Crippen LogP contribution in [-0.2, 0) is 6.42 Å². The number of halogens is 1. The molecule has 1 aliphatic carbocycles. The molecule has 0 bridgehead atoms. The van der Waals surface area contributed by atoms with Crippen molar-refractivity contribution in [2.24, 2.45) is 5.92 Å². The average molecular weight is 411 g/mol. The standard InChI is InChI=1S/C27H39FN2/c1-3-5-7-9-10-21-12-14-23(15-13-21)25-17-16-24(18-26(25)28)27-29-19-22(20-30-27)11-8-6-4-2/h16-21,23H,3-15H2,1-2H3/t21-,23-. The molecule has 0 N–H and O–H groups in total. The summed E-state index contributed by atoms with van der Waals surface area (Å²) in [7, 11) is 0. The third-order valence-corrected chi connectivity index (χ3v) is 6.79. The molecule has 2 nitrogen and oxygen atoms in total. The van der Waals surface area contributed by atoms with Gasteiger partial charge in [-0.15, -0.1) is 0 Å². The summed E-state index contributed by atoms with van der Waals surface area (Å²) in [5, 5.41) is 0. The van der Waals surface area contributed by atoms with Crippen LogP contribution in [0.5, 0.6) is 0 Å². The van der Waals surface area contributed by atoms with Crippen molar-refractivity contribution < 1.29 is 4.39 Å². The molecule has 30 heavy (non-hydrogen) atoms. The normalized spacial score (nSPS) is 19.2. The quantitative estimate of drug-likeness (QED) is 0.348. The van der Waals surface area contributed by atoms with E-state index < -0.39 is 0 Å². The van der Waals surface area contributed by atoms with Crippen molar-refractivity contribution in [2.45, 2.75) is 103 Å². The molecule has 1 saturated carbocycles. The molecular formula is C27H39FN2. The molecule has 0 atom stereocenters. The van der Waals surface area contributed by atoms with E-state index in [-0.39, 0.29) is 5.82 Å². The lowest BCUT2D eigenvalue weighted by Crippen LogP contribution is -2.14. The van der Waals surface area contributed by atoms with Crippen LogP contribution >= 0.6 is 0 Å². The van der Waals surface area contributed by atoms with E-state index in [2.05, 4.69) is 23.8 Å². The first kappa shape index (κ1) is 22.9. The number of aryl methyl sites for hydroxylation is 1. The van der Waals surface area contributed by atoms with Crippen molar-refractivity contribution in [1.82, 2.24) is 9.97 Å². The Kier molecular flexibility index (Phi) is 9.29. The van der Waals surface area contributed by atoms with Gasteiger partial charge >= 0.3 is 0 Å². The zero-order chi connectivity index (χ0) is 21.2. The maximum Gasteiger partial charge on any atom is 0.159 e. The van der Waals surface area contributed by atoms with Gasteiger partial charge in [0.25, 0.3) is 0 Å². The van der Waals surface area contributed by atoms with Gasteiger partial charge in [0, 0.05) is 18.0 Å². The van der Waals surface area contributed by atoms with E-state index >= 15 is 0 Å². The Morgan fingerprint density at radius 3 is 2.23 bits per heavy atom. The fraction of sp³-hybridized carbons (Fsp3) is 0.630. The SMILES string of the molecule is CCCCCC[C@H]1CC[C@H](c2ccc(-c3ncc(CCCCC)cn3)cc2F)CC1. The molecular weight excluding hydrogens is 371 g/mol. The van der Waals surface area contributed by atoms with Crippen LogP contribution in [0.15, 0.2) is 30.6 Å². The molecule has 3 heteroatoms. The van der Waals surface area contributed by atoms with E-state index in [1.807, 2.05) is 24.5 Å². The largest absolute Gasteiger partial charge is 0.236 e. The maximum absolute atomic E-state index is 14.9. The molecule has 2 aromatic rings. The Balaban J connectivity index is 1.54. The third-order valence-electron chi connectivity index (χ3n) is 6.79. The van der Waals surface area contributed by atoms with Gasteiger partial charge in [-0.3, -0.25) is 0 Å². The number of aromatic nitrogens is 2. The van der Waals surface area contributed by atoms with E-state index in [1.165, 1.54) is 64.2 Å². The summed E-state index contributed by atoms with van der Waals surface area (Å²) in [6.07, 6.45) is 19.9. The molecule has 0 radical (unpaired) electrons. The number of rotatable bonds is 11. The van der Waals surface area contributed by atoms with Crippen LogP contribution in [0.25, 0.3) is 11.4 Å². The van der Waals surface area contributed by atoms with Crippen molar-refractivity contribution in [3.8, 4) is 11.4 Å². The second kappa shape index (κ2) is 12.2. The van der Waals surface area contributed by atoms with Crippen LogP contribution in [0, 0.1) is 11.7 Å². The van der Waals surface area contributed by atoms with E-state index in [0.29, 0.717) is 11.7 Å². The van der Waals surface area contributed by atoms with E-state index in [9.17, 15) is 4.39 Å². The zero-order valence-corrected chi connectivity index (χ0v) is 19.0. The number of nitrogens with zero attached hydrogens (tertiary/aromatic N) is 2. The lowest BCUT2D eigenvalue weighted by molar-refractivity contribution is 0.298. The molecule has 1 aliphatic rings. The summed E-state index contributed by atoms with van der Waals surface area (Å²) < 4.78 is 14.9. The predicted octanol–water partition coefficient (Wildman–Crippen LogP) is 8.26. The first-order chi connectivity index (χ1) is 14.7. The summed E-state index contributed by atoms with van der Waals surface area (Å²) in [5.41, 5.74) is 2.83. The van der Waals surface area contributed by atoms with Crippen LogP contribution < -0.4 is 0 Å². The van der Waals surface area contributed by atoms with Crippen LogP contribution in [0.3, 0.4) is 0 Å². The van der Waals surface area contributed by atoms with E-state index in [4.69, 9.17) is 0 Å². The third kappa shape index (κ3) is 6.62. The second-order valence-electron chi connectivity index (χ2n) is 9.18. The molecule has 0 amide bonds. The van der Waals surface area contributed by atoms with Gasteiger partial charge in [-0.25, -0.2) is 14.4 Å². The Morgan fingerprint density at radius 1 is 0.867 bits per heavy atom. The van der Waals surface area contributed by atoms with Gasteiger partial charge in [-0.05, 0) is 67.6 Å². The fourth-order valence-electron chi connectivity index (χ4n) is 4.83. The van der Waals surface area contributed by atoms with Gasteiger partial charge in [0.1, 0.15) is 5.82 Å². The molecule has 3 rings (SSSR count). The lowest BCUT2D eigenvalue weighted by Gasteiger charge is -2.29. The molecule has 0 spiro atoms. The molecule has 164 valence electrons. The van der Waals surface area contributed by atoms with Gasteiger partial charge in [0.2, 0.25) is 0 Å². The van der Waals surface area contributed by atoms with E-state index in [0.717, 1.165) is 41.9 Å². The van der Waals surface area contributed by atoms with Gasteiger partial charge in [0.15, 0.2) is 5.82 Å². The highest BCUT2D eigenvalue weighted by Crippen LogP contribution is 2.39. The van der Waals surface area contributed by atoms with Gasteiger partial charge in [-0.2, -0.15) is 0 Å². The summed E-state index contributed by atoms with van der Waals surface area (Å²) >= 11 is 0. The fourth-order valence-corrected chi connectivity index (χ4v) is 4.83. The highest BCUT2D eigenvalue weighted by Gasteiger charge is 2.24. The minimum Gasteiger partial charge on any atom is -0.236 e. The molecule has 1 aromatic heterocycles. The van der Waals surface area contributed by atoms with Crippen LogP contribution in [0.1, 0.15) is 108 Å². The predicted molar refractivity (Wildman–Crippen MR) is 124 cm³/mol. The minimum absolute atomic E-state index is 0.0884. The van der Waals surface area contributed by atoms with Gasteiger partial charge < -0.3 is 0 Å². The average Bonchev–Trinajstić information content (AvgIpc) is 2.78. The Hall–Kier alpha value is -1.77. The van der Waals surface area contributed by atoms with Gasteiger partial charge in [-0.1, -0.05) is 70.9 Å². The molecule has 0 unspecified atom stereocenters. The number of benzene rings is 1. The molecule has 0 saturated heterocycles. The summed E-state index contributed by atoms with van der Waals surface area (Å²) in [5.74, 6) is 1.75. The Morgan fingerprint density at radius 2 is 1.57 bits per heavy atom. The number of hydrogen-bond acceptors (Lipinski definition) is 2. The first-order valence-electron chi connectivity index (χ1n) is 12.3. The highest BCUT2D eigenvalue weighted by atomic mass is 19.1. The van der Waals surface area contributed by atoms with E-state index in [1.54, 1.807) is 6.07 Å². The van der Waals surface area contributed by atoms with Crippen LogP contribution in [0.2, 0.25) is 0 Å². The Bertz CT molecular complexity index is 748. The van der Waals surface area contributed by atoms with Crippen molar-refractivity contribution >= 4 is 0 Å².